The third-order valence-electron chi connectivity index (χ3n) is 4.64. The van der Waals surface area contributed by atoms with Crippen molar-refractivity contribution in [3.63, 3.8) is 0 Å². The van der Waals surface area contributed by atoms with E-state index in [0.717, 1.165) is 5.56 Å². The van der Waals surface area contributed by atoms with Gasteiger partial charge in [-0.05, 0) is 18.0 Å². The Morgan fingerprint density at radius 3 is 2.80 bits per heavy atom. The number of carbonyl (C=O) groups excluding carboxylic acids is 1. The molecule has 1 fully saturated rings. The summed E-state index contributed by atoms with van der Waals surface area (Å²) in [6, 6.07) is 8.61. The van der Waals surface area contributed by atoms with Crippen LogP contribution in [-0.4, -0.2) is 40.5 Å². The summed E-state index contributed by atoms with van der Waals surface area (Å²) in [6.07, 6.45) is -2.52. The summed E-state index contributed by atoms with van der Waals surface area (Å²) in [4.78, 5) is 14.9. The smallest absolute Gasteiger partial charge is 0.338 e. The molecule has 1 aliphatic carbocycles. The Kier molecular flexibility index (Phi) is 4.94. The van der Waals surface area contributed by atoms with E-state index >= 15 is 0 Å². The number of rotatable bonds is 4. The second kappa shape index (κ2) is 7.14. The third kappa shape index (κ3) is 3.32. The maximum absolute atomic E-state index is 12.1. The Bertz CT molecular complexity index is 729. The number of hydrogen-bond acceptors (Lipinski definition) is 6. The molecule has 0 amide bonds. The van der Waals surface area contributed by atoms with Gasteiger partial charge < -0.3 is 19.7 Å². The first-order valence-corrected chi connectivity index (χ1v) is 8.03. The highest BCUT2D eigenvalue weighted by atomic mass is 16.5. The number of nitrogens with zero attached hydrogens (tertiary/aromatic N) is 3. The summed E-state index contributed by atoms with van der Waals surface area (Å²) in [6.45, 7) is 1.84. The van der Waals surface area contributed by atoms with Crippen LogP contribution in [0.2, 0.25) is 0 Å². The van der Waals surface area contributed by atoms with Crippen LogP contribution in [0.15, 0.2) is 46.8 Å². The van der Waals surface area contributed by atoms with Crippen molar-refractivity contribution in [2.75, 3.05) is 0 Å². The van der Waals surface area contributed by atoms with Gasteiger partial charge in [-0.3, -0.25) is 0 Å². The maximum atomic E-state index is 12.1. The van der Waals surface area contributed by atoms with E-state index in [1.165, 1.54) is 0 Å². The predicted molar refractivity (Wildman–Crippen MR) is 87.3 cm³/mol. The Labute approximate surface area is 144 Å². The summed E-state index contributed by atoms with van der Waals surface area (Å²) >= 11 is 0. The molecule has 1 saturated heterocycles. The molecule has 0 bridgehead atoms. The molecule has 5 atom stereocenters. The van der Waals surface area contributed by atoms with Crippen LogP contribution in [0.5, 0.6) is 0 Å². The fraction of sp³-hybridized carbons (Fsp3) is 0.471. The van der Waals surface area contributed by atoms with E-state index in [4.69, 9.17) is 15.0 Å². The molecule has 1 aliphatic heterocycles. The van der Waals surface area contributed by atoms with Gasteiger partial charge in [0.05, 0.1) is 30.4 Å². The van der Waals surface area contributed by atoms with Gasteiger partial charge in [-0.25, -0.2) is 4.79 Å². The number of benzene rings is 1. The molecule has 3 rings (SSSR count). The minimum atomic E-state index is -1.10. The zero-order valence-electron chi connectivity index (χ0n) is 13.6. The zero-order valence-corrected chi connectivity index (χ0v) is 13.6. The standard InChI is InChI=1S/C17H19N3O5/c1-9-15(19-20-18)14-13(17(23)25-9)11(21)7-12(16(14)22)24-8-10-5-3-2-4-6-10/h2-6,9,12,14-16,21-22H,7-8H2,1H3/t9-,12-,14-,15+,16+/m0/s1. The van der Waals surface area contributed by atoms with Crippen LogP contribution < -0.4 is 0 Å². The van der Waals surface area contributed by atoms with Crippen molar-refractivity contribution in [2.24, 2.45) is 11.0 Å². The van der Waals surface area contributed by atoms with Gasteiger partial charge in [-0.2, -0.15) is 0 Å². The first kappa shape index (κ1) is 17.3. The fourth-order valence-electron chi connectivity index (χ4n) is 3.40. The Morgan fingerprint density at radius 2 is 2.12 bits per heavy atom. The third-order valence-corrected chi connectivity index (χ3v) is 4.64. The van der Waals surface area contributed by atoms with Crippen molar-refractivity contribution in [3.8, 4) is 0 Å². The highest BCUT2D eigenvalue weighted by Gasteiger charge is 2.50. The summed E-state index contributed by atoms with van der Waals surface area (Å²) in [5.74, 6) is -1.75. The molecule has 8 nitrogen and oxygen atoms in total. The average Bonchev–Trinajstić information content (AvgIpc) is 2.60. The fourth-order valence-corrected chi connectivity index (χ4v) is 3.40. The summed E-state index contributed by atoms with van der Waals surface area (Å²) < 4.78 is 10.9. The molecule has 1 heterocycles. The maximum Gasteiger partial charge on any atom is 0.338 e. The van der Waals surface area contributed by atoms with E-state index in [0.29, 0.717) is 0 Å². The monoisotopic (exact) mass is 345 g/mol. The molecule has 0 spiro atoms. The van der Waals surface area contributed by atoms with Gasteiger partial charge in [-0.1, -0.05) is 35.4 Å². The molecule has 1 aromatic carbocycles. The molecule has 0 radical (unpaired) electrons. The lowest BCUT2D eigenvalue weighted by atomic mass is 9.75. The van der Waals surface area contributed by atoms with Gasteiger partial charge in [-0.15, -0.1) is 0 Å². The van der Waals surface area contributed by atoms with Crippen LogP contribution in [0.4, 0.5) is 0 Å². The van der Waals surface area contributed by atoms with Crippen molar-refractivity contribution < 1.29 is 24.5 Å². The van der Waals surface area contributed by atoms with E-state index in [1.54, 1.807) is 6.92 Å². The lowest BCUT2D eigenvalue weighted by molar-refractivity contribution is -0.158. The Hall–Kier alpha value is -2.54. The minimum absolute atomic E-state index is 0.00764. The van der Waals surface area contributed by atoms with Crippen molar-refractivity contribution in [1.29, 1.82) is 0 Å². The van der Waals surface area contributed by atoms with Crippen molar-refractivity contribution in [1.82, 2.24) is 0 Å². The molecule has 8 heteroatoms. The summed E-state index contributed by atoms with van der Waals surface area (Å²) in [7, 11) is 0. The molecule has 2 N–H and O–H groups in total. The second-order valence-corrected chi connectivity index (χ2v) is 6.22. The first-order valence-electron chi connectivity index (χ1n) is 8.03. The lowest BCUT2D eigenvalue weighted by Crippen LogP contribution is -2.53. The van der Waals surface area contributed by atoms with Crippen molar-refractivity contribution >= 4 is 5.97 Å². The van der Waals surface area contributed by atoms with Gasteiger partial charge >= 0.3 is 5.97 Å². The largest absolute Gasteiger partial charge is 0.512 e. The minimum Gasteiger partial charge on any atom is -0.512 e. The van der Waals surface area contributed by atoms with Gasteiger partial charge in [0.15, 0.2) is 0 Å². The van der Waals surface area contributed by atoms with Gasteiger partial charge in [0.1, 0.15) is 11.9 Å². The average molecular weight is 345 g/mol. The number of azide groups is 1. The number of aliphatic hydroxyl groups excluding tert-OH is 2. The van der Waals surface area contributed by atoms with E-state index in [-0.39, 0.29) is 24.4 Å². The van der Waals surface area contributed by atoms with Crippen LogP contribution in [-0.2, 0) is 20.9 Å². The second-order valence-electron chi connectivity index (χ2n) is 6.22. The Balaban J connectivity index is 1.85. The van der Waals surface area contributed by atoms with Crippen molar-refractivity contribution in [2.45, 2.75) is 44.3 Å². The molecule has 0 unspecified atom stereocenters. The number of ether oxygens (including phenoxy) is 2. The van der Waals surface area contributed by atoms with Crippen molar-refractivity contribution in [3.05, 3.63) is 57.7 Å². The number of esters is 1. The molecule has 0 saturated carbocycles. The number of fused-ring (bicyclic) bond motifs is 1. The van der Waals surface area contributed by atoms with Crippen LogP contribution in [0.25, 0.3) is 10.4 Å². The highest BCUT2D eigenvalue weighted by molar-refractivity contribution is 5.91. The van der Waals surface area contributed by atoms with Crippen LogP contribution in [0.1, 0.15) is 18.9 Å². The molecular formula is C17H19N3O5. The van der Waals surface area contributed by atoms with E-state index in [1.807, 2.05) is 30.3 Å². The topological polar surface area (TPSA) is 125 Å². The SMILES string of the molecule is C[C@@H]1OC(=O)C2=C(O)C[C@H](OCc3ccccc3)[C@@H](O)[C@@H]2[C@@H]1N=[N+]=[N-]. The molecular weight excluding hydrogens is 326 g/mol. The first-order chi connectivity index (χ1) is 12.0. The van der Waals surface area contributed by atoms with E-state index < -0.39 is 36.2 Å². The normalized spacial score (nSPS) is 31.8. The van der Waals surface area contributed by atoms with Crippen LogP contribution >= 0.6 is 0 Å². The number of hydrogen-bond donors (Lipinski definition) is 2. The highest BCUT2D eigenvalue weighted by Crippen LogP contribution is 2.40. The summed E-state index contributed by atoms with van der Waals surface area (Å²) in [5.41, 5.74) is 9.69. The van der Waals surface area contributed by atoms with Crippen LogP contribution in [0.3, 0.4) is 0 Å². The summed E-state index contributed by atoms with van der Waals surface area (Å²) in [5, 5.41) is 24.7. The van der Waals surface area contributed by atoms with E-state index in [9.17, 15) is 15.0 Å². The number of carbonyl (C=O) groups is 1. The molecule has 132 valence electrons. The lowest BCUT2D eigenvalue weighted by Gasteiger charge is -2.42. The molecule has 0 aromatic heterocycles. The number of cyclic esters (lactones) is 1. The molecule has 1 aromatic rings. The van der Waals surface area contributed by atoms with Gasteiger partial charge in [0, 0.05) is 17.3 Å². The zero-order chi connectivity index (χ0) is 18.0. The number of aliphatic hydroxyl groups is 2. The Morgan fingerprint density at radius 1 is 1.40 bits per heavy atom. The van der Waals surface area contributed by atoms with E-state index in [2.05, 4.69) is 10.0 Å². The quantitative estimate of drug-likeness (QED) is 0.375. The molecule has 2 aliphatic rings. The van der Waals surface area contributed by atoms with Gasteiger partial charge in [0.25, 0.3) is 0 Å². The molecule has 25 heavy (non-hydrogen) atoms. The van der Waals surface area contributed by atoms with Crippen LogP contribution in [0, 0.1) is 5.92 Å². The predicted octanol–water partition coefficient (Wildman–Crippen LogP) is 2.39. The van der Waals surface area contributed by atoms with Gasteiger partial charge in [0.2, 0.25) is 0 Å².